The van der Waals surface area contributed by atoms with Gasteiger partial charge in [-0.1, -0.05) is 16.8 Å². The molecule has 0 amide bonds. The first-order valence-electron chi connectivity index (χ1n) is 3.60. The van der Waals surface area contributed by atoms with Crippen molar-refractivity contribution in [2.75, 3.05) is 0 Å². The van der Waals surface area contributed by atoms with Crippen molar-refractivity contribution in [3.05, 3.63) is 23.7 Å². The number of halogens is 1. The highest BCUT2D eigenvalue weighted by Gasteiger charge is 2.05. The maximum atomic E-state index is 5.71. The average molecular weight is 196 g/mol. The first-order valence-corrected chi connectivity index (χ1v) is 3.98. The molecule has 5 nitrogen and oxygen atoms in total. The number of aromatic nitrogens is 5. The van der Waals surface area contributed by atoms with Crippen LogP contribution in [0.3, 0.4) is 0 Å². The van der Waals surface area contributed by atoms with Gasteiger partial charge < -0.3 is 0 Å². The molecule has 0 aliphatic rings. The number of hydrogen-bond donors (Lipinski definition) is 0. The maximum Gasteiger partial charge on any atom is 0.133 e. The molecule has 0 fully saturated rings. The van der Waals surface area contributed by atoms with Gasteiger partial charge in [-0.2, -0.15) is 0 Å². The molecule has 6 heteroatoms. The molecule has 0 saturated carbocycles. The van der Waals surface area contributed by atoms with E-state index in [1.807, 2.05) is 0 Å². The molecular weight excluding hydrogens is 190 g/mol. The van der Waals surface area contributed by atoms with Crippen LogP contribution < -0.4 is 0 Å². The Morgan fingerprint density at radius 3 is 2.85 bits per heavy atom. The topological polar surface area (TPSA) is 56.5 Å². The van der Waals surface area contributed by atoms with Crippen molar-refractivity contribution in [2.45, 2.75) is 0 Å². The second-order valence-electron chi connectivity index (χ2n) is 2.47. The summed E-state index contributed by atoms with van der Waals surface area (Å²) in [5.41, 5.74) is 1.52. The van der Waals surface area contributed by atoms with Crippen molar-refractivity contribution in [3.8, 4) is 11.4 Å². The van der Waals surface area contributed by atoms with Crippen LogP contribution >= 0.6 is 11.6 Å². The van der Waals surface area contributed by atoms with Gasteiger partial charge in [-0.3, -0.25) is 0 Å². The minimum atomic E-state index is 0.409. The van der Waals surface area contributed by atoms with Crippen LogP contribution in [-0.4, -0.2) is 25.0 Å². The van der Waals surface area contributed by atoms with Gasteiger partial charge in [-0.05, 0) is 0 Å². The SMILES string of the molecule is Cn1nncc1-c1cc(Cl)ncn1. The summed E-state index contributed by atoms with van der Waals surface area (Å²) in [5, 5.41) is 7.93. The van der Waals surface area contributed by atoms with E-state index in [9.17, 15) is 0 Å². The summed E-state index contributed by atoms with van der Waals surface area (Å²) in [6.07, 6.45) is 3.03. The van der Waals surface area contributed by atoms with E-state index in [0.29, 0.717) is 10.8 Å². The molecule has 2 heterocycles. The highest BCUT2D eigenvalue weighted by atomic mass is 35.5. The molecule has 13 heavy (non-hydrogen) atoms. The van der Waals surface area contributed by atoms with E-state index in [-0.39, 0.29) is 0 Å². The number of nitrogens with zero attached hydrogens (tertiary/aromatic N) is 5. The van der Waals surface area contributed by atoms with Crippen molar-refractivity contribution < 1.29 is 0 Å². The standard InChI is InChI=1S/C7H6ClN5/c1-13-6(3-11-12-13)5-2-7(8)10-4-9-5/h2-4H,1H3. The zero-order chi connectivity index (χ0) is 9.26. The molecule has 66 valence electrons. The Kier molecular flexibility index (Phi) is 1.94. The third-order valence-electron chi connectivity index (χ3n) is 1.61. The quantitative estimate of drug-likeness (QED) is 0.636. The average Bonchev–Trinajstić information content (AvgIpc) is 2.51. The molecule has 0 spiro atoms. The smallest absolute Gasteiger partial charge is 0.133 e. The van der Waals surface area contributed by atoms with Crippen molar-refractivity contribution in [3.63, 3.8) is 0 Å². The van der Waals surface area contributed by atoms with Crippen LogP contribution in [0.1, 0.15) is 0 Å². The Labute approximate surface area is 79.4 Å². The van der Waals surface area contributed by atoms with E-state index in [1.165, 1.54) is 6.33 Å². The number of rotatable bonds is 1. The summed E-state index contributed by atoms with van der Waals surface area (Å²) in [6, 6.07) is 1.67. The summed E-state index contributed by atoms with van der Waals surface area (Å²) < 4.78 is 1.62. The maximum absolute atomic E-state index is 5.71. The molecule has 0 saturated heterocycles. The van der Waals surface area contributed by atoms with Crippen LogP contribution in [0, 0.1) is 0 Å². The molecule has 2 aromatic heterocycles. The molecule has 2 aromatic rings. The predicted molar refractivity (Wildman–Crippen MR) is 47.0 cm³/mol. The summed E-state index contributed by atoms with van der Waals surface area (Å²) in [7, 11) is 1.79. The second-order valence-corrected chi connectivity index (χ2v) is 2.86. The summed E-state index contributed by atoms with van der Waals surface area (Å²) in [4.78, 5) is 7.83. The monoisotopic (exact) mass is 195 g/mol. The summed E-state index contributed by atoms with van der Waals surface area (Å²) in [6.45, 7) is 0. The molecule has 0 N–H and O–H groups in total. The lowest BCUT2D eigenvalue weighted by atomic mass is 10.3. The third-order valence-corrected chi connectivity index (χ3v) is 1.82. The molecule has 0 bridgehead atoms. The van der Waals surface area contributed by atoms with E-state index < -0.39 is 0 Å². The van der Waals surface area contributed by atoms with Gasteiger partial charge in [0.2, 0.25) is 0 Å². The fourth-order valence-corrected chi connectivity index (χ4v) is 1.14. The lowest BCUT2D eigenvalue weighted by Gasteiger charge is -1.98. The minimum Gasteiger partial charge on any atom is -0.246 e. The van der Waals surface area contributed by atoms with Crippen molar-refractivity contribution >= 4 is 11.6 Å². The first kappa shape index (κ1) is 8.12. The first-order chi connectivity index (χ1) is 6.27. The van der Waals surface area contributed by atoms with Gasteiger partial charge in [0.1, 0.15) is 17.2 Å². The van der Waals surface area contributed by atoms with Gasteiger partial charge in [-0.25, -0.2) is 14.6 Å². The fourth-order valence-electron chi connectivity index (χ4n) is 0.995. The van der Waals surface area contributed by atoms with Crippen molar-refractivity contribution in [1.29, 1.82) is 0 Å². The van der Waals surface area contributed by atoms with E-state index in [2.05, 4.69) is 20.3 Å². The highest BCUT2D eigenvalue weighted by molar-refractivity contribution is 6.29. The molecular formula is C7H6ClN5. The van der Waals surface area contributed by atoms with E-state index in [1.54, 1.807) is 24.0 Å². The van der Waals surface area contributed by atoms with Gasteiger partial charge in [0.25, 0.3) is 0 Å². The fraction of sp³-hybridized carbons (Fsp3) is 0.143. The zero-order valence-corrected chi connectivity index (χ0v) is 7.60. The molecule has 0 aromatic carbocycles. The van der Waals surface area contributed by atoms with Gasteiger partial charge in [0.15, 0.2) is 0 Å². The van der Waals surface area contributed by atoms with Gasteiger partial charge in [0.05, 0.1) is 11.9 Å². The number of aryl methyl sites for hydroxylation is 1. The van der Waals surface area contributed by atoms with Gasteiger partial charge in [0, 0.05) is 13.1 Å². The molecule has 0 atom stereocenters. The van der Waals surface area contributed by atoms with Crippen LogP contribution in [0.15, 0.2) is 18.6 Å². The molecule has 2 rings (SSSR count). The van der Waals surface area contributed by atoms with Crippen LogP contribution in [-0.2, 0) is 7.05 Å². The predicted octanol–water partition coefficient (Wildman–Crippen LogP) is 0.925. The second kappa shape index (κ2) is 3.10. The van der Waals surface area contributed by atoms with Gasteiger partial charge in [-0.15, -0.1) is 5.10 Å². The van der Waals surface area contributed by atoms with Crippen LogP contribution in [0.4, 0.5) is 0 Å². The summed E-state index contributed by atoms with van der Waals surface area (Å²) >= 11 is 5.71. The van der Waals surface area contributed by atoms with Crippen LogP contribution in [0.5, 0.6) is 0 Å². The van der Waals surface area contributed by atoms with Crippen LogP contribution in [0.25, 0.3) is 11.4 Å². The Hall–Kier alpha value is -1.49. The summed E-state index contributed by atoms with van der Waals surface area (Å²) in [5.74, 6) is 0. The zero-order valence-electron chi connectivity index (χ0n) is 6.85. The molecule has 0 unspecified atom stereocenters. The van der Waals surface area contributed by atoms with Crippen molar-refractivity contribution in [2.24, 2.45) is 7.05 Å². The lowest BCUT2D eigenvalue weighted by molar-refractivity contribution is 0.719. The molecule has 0 aliphatic carbocycles. The van der Waals surface area contributed by atoms with Crippen LogP contribution in [0.2, 0.25) is 5.15 Å². The Balaban J connectivity index is 2.53. The van der Waals surface area contributed by atoms with Gasteiger partial charge >= 0.3 is 0 Å². The third kappa shape index (κ3) is 1.50. The van der Waals surface area contributed by atoms with Crippen molar-refractivity contribution in [1.82, 2.24) is 25.0 Å². The van der Waals surface area contributed by atoms with E-state index in [4.69, 9.17) is 11.6 Å². The molecule has 0 aliphatic heterocycles. The largest absolute Gasteiger partial charge is 0.246 e. The van der Waals surface area contributed by atoms with E-state index in [0.717, 1.165) is 5.69 Å². The Bertz CT molecular complexity index is 424. The Morgan fingerprint density at radius 1 is 1.38 bits per heavy atom. The minimum absolute atomic E-state index is 0.409. The number of hydrogen-bond acceptors (Lipinski definition) is 4. The normalized spacial score (nSPS) is 10.3. The van der Waals surface area contributed by atoms with E-state index >= 15 is 0 Å². The lowest BCUT2D eigenvalue weighted by Crippen LogP contribution is -1.95. The highest BCUT2D eigenvalue weighted by Crippen LogP contribution is 2.15. The Morgan fingerprint density at radius 2 is 2.23 bits per heavy atom. The molecule has 0 radical (unpaired) electrons.